The van der Waals surface area contributed by atoms with E-state index in [1.165, 1.54) is 4.90 Å². The predicted octanol–water partition coefficient (Wildman–Crippen LogP) is 0.535. The highest BCUT2D eigenvalue weighted by atomic mass is 16.3. The van der Waals surface area contributed by atoms with Gasteiger partial charge in [-0.05, 0) is 31.9 Å². The fraction of sp³-hybridized carbons (Fsp3) is 0.438. The Kier molecular flexibility index (Phi) is 4.14. The number of hydrogen-bond acceptors (Lipinski definition) is 5. The van der Waals surface area contributed by atoms with Gasteiger partial charge >= 0.3 is 0 Å². The number of carbonyl (C=O) groups is 1. The van der Waals surface area contributed by atoms with Crippen molar-refractivity contribution in [3.05, 3.63) is 42.0 Å². The summed E-state index contributed by atoms with van der Waals surface area (Å²) in [6, 6.07) is 9.47. The van der Waals surface area contributed by atoms with Crippen LogP contribution in [0.25, 0.3) is 5.69 Å². The predicted molar refractivity (Wildman–Crippen MR) is 83.3 cm³/mol. The molecule has 7 nitrogen and oxygen atoms in total. The SMILES string of the molecule is Cc1nc(C(=O)N2CCCC(O)(CO)C2)nn1-c1ccccc1. The zero-order chi connectivity index (χ0) is 16.4. The molecule has 1 aliphatic rings. The number of benzene rings is 1. The van der Waals surface area contributed by atoms with Gasteiger partial charge in [-0.25, -0.2) is 9.67 Å². The molecule has 0 bridgehead atoms. The summed E-state index contributed by atoms with van der Waals surface area (Å²) in [5.41, 5.74) is -0.396. The number of nitrogens with zero attached hydrogens (tertiary/aromatic N) is 4. The number of piperidine rings is 1. The molecular formula is C16H20N4O3. The highest BCUT2D eigenvalue weighted by Gasteiger charge is 2.36. The zero-order valence-corrected chi connectivity index (χ0v) is 13.0. The second-order valence-corrected chi connectivity index (χ2v) is 5.94. The van der Waals surface area contributed by atoms with Crippen LogP contribution in [-0.2, 0) is 0 Å². The van der Waals surface area contributed by atoms with Gasteiger partial charge in [0.05, 0.1) is 18.8 Å². The highest BCUT2D eigenvalue weighted by Crippen LogP contribution is 2.22. The number of aliphatic hydroxyl groups is 2. The summed E-state index contributed by atoms with van der Waals surface area (Å²) in [6.07, 6.45) is 1.12. The Hall–Kier alpha value is -2.25. The molecule has 1 aromatic carbocycles. The molecule has 1 saturated heterocycles. The number of carbonyl (C=O) groups excluding carboxylic acids is 1. The first-order chi connectivity index (χ1) is 11.0. The summed E-state index contributed by atoms with van der Waals surface area (Å²) in [7, 11) is 0. The first kappa shape index (κ1) is 15.6. The van der Waals surface area contributed by atoms with Crippen molar-refractivity contribution >= 4 is 5.91 Å². The third kappa shape index (κ3) is 3.11. The molecular weight excluding hydrogens is 296 g/mol. The van der Waals surface area contributed by atoms with Crippen LogP contribution in [0.1, 0.15) is 29.3 Å². The van der Waals surface area contributed by atoms with Crippen molar-refractivity contribution in [3.63, 3.8) is 0 Å². The van der Waals surface area contributed by atoms with Crippen molar-refractivity contribution in [1.29, 1.82) is 0 Å². The van der Waals surface area contributed by atoms with Crippen LogP contribution < -0.4 is 0 Å². The second kappa shape index (κ2) is 6.10. The van der Waals surface area contributed by atoms with E-state index >= 15 is 0 Å². The molecule has 0 spiro atoms. The molecule has 1 atom stereocenters. The zero-order valence-electron chi connectivity index (χ0n) is 13.0. The van der Waals surface area contributed by atoms with E-state index in [2.05, 4.69) is 10.1 Å². The van der Waals surface area contributed by atoms with E-state index in [9.17, 15) is 15.0 Å². The number of likely N-dealkylation sites (tertiary alicyclic amines) is 1. The lowest BCUT2D eigenvalue weighted by atomic mass is 9.94. The van der Waals surface area contributed by atoms with Gasteiger partial charge in [-0.3, -0.25) is 4.79 Å². The van der Waals surface area contributed by atoms with E-state index in [0.717, 1.165) is 5.69 Å². The second-order valence-electron chi connectivity index (χ2n) is 5.94. The van der Waals surface area contributed by atoms with E-state index in [4.69, 9.17) is 0 Å². The van der Waals surface area contributed by atoms with Gasteiger partial charge in [-0.1, -0.05) is 18.2 Å². The van der Waals surface area contributed by atoms with Gasteiger partial charge in [-0.2, -0.15) is 0 Å². The largest absolute Gasteiger partial charge is 0.393 e. The number of rotatable bonds is 3. The van der Waals surface area contributed by atoms with Crippen LogP contribution in [0.3, 0.4) is 0 Å². The molecule has 2 N–H and O–H groups in total. The van der Waals surface area contributed by atoms with E-state index < -0.39 is 5.60 Å². The van der Waals surface area contributed by atoms with Gasteiger partial charge in [0.1, 0.15) is 11.4 Å². The lowest BCUT2D eigenvalue weighted by Crippen LogP contribution is -2.52. The minimum atomic E-state index is -1.23. The molecule has 1 amide bonds. The average molecular weight is 316 g/mol. The molecule has 3 rings (SSSR count). The Labute approximate surface area is 134 Å². The summed E-state index contributed by atoms with van der Waals surface area (Å²) in [6.45, 7) is 2.06. The Morgan fingerprint density at radius 1 is 1.35 bits per heavy atom. The number of β-amino-alcohol motifs (C(OH)–C–C–N with tert-alkyl or cyclic N) is 1. The molecule has 2 aromatic rings. The lowest BCUT2D eigenvalue weighted by Gasteiger charge is -2.37. The summed E-state index contributed by atoms with van der Waals surface area (Å²) >= 11 is 0. The van der Waals surface area contributed by atoms with Crippen LogP contribution >= 0.6 is 0 Å². The molecule has 122 valence electrons. The van der Waals surface area contributed by atoms with Gasteiger partial charge in [0.25, 0.3) is 5.91 Å². The average Bonchev–Trinajstić information content (AvgIpc) is 2.97. The van der Waals surface area contributed by atoms with Crippen LogP contribution in [0.15, 0.2) is 30.3 Å². The number of amides is 1. The molecule has 1 fully saturated rings. The maximum atomic E-state index is 12.6. The maximum Gasteiger partial charge on any atom is 0.293 e. The van der Waals surface area contributed by atoms with Crippen LogP contribution in [0.4, 0.5) is 0 Å². The molecule has 7 heteroatoms. The van der Waals surface area contributed by atoms with Crippen molar-refractivity contribution in [2.75, 3.05) is 19.7 Å². The maximum absolute atomic E-state index is 12.6. The van der Waals surface area contributed by atoms with Crippen LogP contribution in [0.2, 0.25) is 0 Å². The van der Waals surface area contributed by atoms with Gasteiger partial charge < -0.3 is 15.1 Å². The topological polar surface area (TPSA) is 91.5 Å². The van der Waals surface area contributed by atoms with Crippen molar-refractivity contribution in [2.24, 2.45) is 0 Å². The fourth-order valence-corrected chi connectivity index (χ4v) is 2.85. The minimum absolute atomic E-state index is 0.0985. The van der Waals surface area contributed by atoms with Crippen LogP contribution in [-0.4, -0.2) is 61.1 Å². The summed E-state index contributed by atoms with van der Waals surface area (Å²) < 4.78 is 1.62. The number of aryl methyl sites for hydroxylation is 1. The summed E-state index contributed by atoms with van der Waals surface area (Å²) in [5.74, 6) is 0.400. The monoisotopic (exact) mass is 316 g/mol. The van der Waals surface area contributed by atoms with Gasteiger partial charge in [-0.15, -0.1) is 5.10 Å². The lowest BCUT2D eigenvalue weighted by molar-refractivity contribution is -0.0600. The summed E-state index contributed by atoms with van der Waals surface area (Å²) in [5, 5.41) is 23.8. The number of hydrogen-bond donors (Lipinski definition) is 2. The van der Waals surface area contributed by atoms with E-state index in [1.54, 1.807) is 11.6 Å². The Balaban J connectivity index is 1.84. The first-order valence-corrected chi connectivity index (χ1v) is 7.64. The molecule has 1 aliphatic heterocycles. The third-order valence-electron chi connectivity index (χ3n) is 4.10. The molecule has 0 saturated carbocycles. The molecule has 2 heterocycles. The minimum Gasteiger partial charge on any atom is -0.393 e. The Morgan fingerprint density at radius 3 is 2.78 bits per heavy atom. The first-order valence-electron chi connectivity index (χ1n) is 7.64. The molecule has 1 unspecified atom stereocenters. The van der Waals surface area contributed by atoms with Crippen molar-refractivity contribution in [2.45, 2.75) is 25.4 Å². The molecule has 0 radical (unpaired) electrons. The highest BCUT2D eigenvalue weighted by molar-refractivity contribution is 5.90. The molecule has 23 heavy (non-hydrogen) atoms. The third-order valence-corrected chi connectivity index (χ3v) is 4.10. The molecule has 1 aromatic heterocycles. The van der Waals surface area contributed by atoms with Gasteiger partial charge in [0.15, 0.2) is 0 Å². The normalized spacial score (nSPS) is 21.4. The smallest absolute Gasteiger partial charge is 0.293 e. The van der Waals surface area contributed by atoms with Crippen molar-refractivity contribution in [1.82, 2.24) is 19.7 Å². The van der Waals surface area contributed by atoms with Crippen LogP contribution in [0.5, 0.6) is 0 Å². The van der Waals surface area contributed by atoms with E-state index in [0.29, 0.717) is 25.2 Å². The van der Waals surface area contributed by atoms with Crippen LogP contribution in [0, 0.1) is 6.92 Å². The quantitative estimate of drug-likeness (QED) is 0.862. The van der Waals surface area contributed by atoms with E-state index in [1.807, 2.05) is 30.3 Å². The number of aliphatic hydroxyl groups excluding tert-OH is 1. The van der Waals surface area contributed by atoms with Crippen molar-refractivity contribution < 1.29 is 15.0 Å². The summed E-state index contributed by atoms with van der Waals surface area (Å²) in [4.78, 5) is 18.4. The fourth-order valence-electron chi connectivity index (χ4n) is 2.85. The van der Waals surface area contributed by atoms with E-state index in [-0.39, 0.29) is 24.9 Å². The number of para-hydroxylation sites is 1. The number of aromatic nitrogens is 3. The standard InChI is InChI=1S/C16H20N4O3/c1-12-17-14(18-20(12)13-6-3-2-4-7-13)15(22)19-9-5-8-16(23,10-19)11-21/h2-4,6-7,21,23H,5,8-11H2,1H3. The Morgan fingerprint density at radius 2 is 2.09 bits per heavy atom. The van der Waals surface area contributed by atoms with Crippen molar-refractivity contribution in [3.8, 4) is 5.69 Å². The van der Waals surface area contributed by atoms with Gasteiger partial charge in [0.2, 0.25) is 5.82 Å². The van der Waals surface area contributed by atoms with Gasteiger partial charge in [0, 0.05) is 6.54 Å². The molecule has 0 aliphatic carbocycles. The Bertz CT molecular complexity index is 701.